The zero-order valence-corrected chi connectivity index (χ0v) is 13.1. The topological polar surface area (TPSA) is 90.3 Å². The smallest absolute Gasteiger partial charge is 0.333 e. The predicted molar refractivity (Wildman–Crippen MR) is 76.1 cm³/mol. The molecule has 0 spiro atoms. The summed E-state index contributed by atoms with van der Waals surface area (Å²) in [6.45, 7) is -2.94. The van der Waals surface area contributed by atoms with Gasteiger partial charge in [0.25, 0.3) is 15.9 Å². The van der Waals surface area contributed by atoms with Crippen molar-refractivity contribution in [2.45, 2.75) is 11.4 Å². The molecule has 1 aromatic heterocycles. The van der Waals surface area contributed by atoms with Crippen LogP contribution in [0.2, 0.25) is 5.02 Å². The quantitative estimate of drug-likeness (QED) is 0.875. The van der Waals surface area contributed by atoms with E-state index in [1.807, 2.05) is 0 Å². The first-order valence-corrected chi connectivity index (χ1v) is 7.83. The number of alkyl halides is 2. The second kappa shape index (κ2) is 6.50. The second-order valence-electron chi connectivity index (χ2n) is 4.22. The van der Waals surface area contributed by atoms with Gasteiger partial charge in [-0.3, -0.25) is 4.79 Å². The zero-order valence-electron chi connectivity index (χ0n) is 11.5. The third-order valence-corrected chi connectivity index (χ3v) is 4.36. The van der Waals surface area contributed by atoms with E-state index in [2.05, 4.69) is 5.10 Å². The number of nitrogens with zero attached hydrogens (tertiary/aromatic N) is 2. The third kappa shape index (κ3) is 3.77. The third-order valence-electron chi connectivity index (χ3n) is 2.72. The molecule has 0 saturated heterocycles. The lowest BCUT2D eigenvalue weighted by Gasteiger charge is -2.08. The predicted octanol–water partition coefficient (Wildman–Crippen LogP) is 2.06. The highest BCUT2D eigenvalue weighted by Gasteiger charge is 2.22. The van der Waals surface area contributed by atoms with Crippen LogP contribution < -0.4 is 9.46 Å². The molecule has 0 atom stereocenters. The Labute approximate surface area is 134 Å². The Morgan fingerprint density at radius 3 is 2.70 bits per heavy atom. The Morgan fingerprint density at radius 1 is 1.43 bits per heavy atom. The molecule has 7 nitrogen and oxygen atoms in total. The molecule has 2 aromatic rings. The fraction of sp³-hybridized carbons (Fsp3) is 0.167. The van der Waals surface area contributed by atoms with E-state index in [-0.39, 0.29) is 25.9 Å². The number of carbonyl (C=O) groups is 1. The number of carbonyl (C=O) groups excluding carboxylic acids is 1. The summed E-state index contributed by atoms with van der Waals surface area (Å²) in [5, 5.41) is 3.44. The van der Waals surface area contributed by atoms with Crippen LogP contribution in [-0.2, 0) is 10.0 Å². The van der Waals surface area contributed by atoms with Crippen LogP contribution in [-0.4, -0.2) is 31.2 Å². The highest BCUT2D eigenvalue weighted by Crippen LogP contribution is 2.27. The molecule has 1 aromatic carbocycles. The normalized spacial score (nSPS) is 11.5. The molecule has 11 heteroatoms. The van der Waals surface area contributed by atoms with Gasteiger partial charge in [0.1, 0.15) is 5.75 Å². The minimum atomic E-state index is -4.23. The van der Waals surface area contributed by atoms with Crippen LogP contribution in [0, 0.1) is 0 Å². The molecule has 1 heterocycles. The number of benzene rings is 1. The number of halogens is 3. The van der Waals surface area contributed by atoms with Crippen molar-refractivity contribution in [3.8, 4) is 5.75 Å². The molecule has 0 aliphatic heterocycles. The largest absolute Gasteiger partial charge is 0.495 e. The first-order valence-electron chi connectivity index (χ1n) is 5.97. The summed E-state index contributed by atoms with van der Waals surface area (Å²) in [6, 6.07) is 3.58. The molecule has 0 radical (unpaired) electrons. The first-order chi connectivity index (χ1) is 10.7. The molecule has 124 valence electrons. The molecule has 1 N–H and O–H groups in total. The van der Waals surface area contributed by atoms with E-state index in [0.717, 1.165) is 18.5 Å². The highest BCUT2D eigenvalue weighted by atomic mass is 35.5. The lowest BCUT2D eigenvalue weighted by atomic mass is 10.3. The van der Waals surface area contributed by atoms with E-state index < -0.39 is 22.5 Å². The number of sulfonamides is 1. The molecule has 0 bridgehead atoms. The molecule has 1 amide bonds. The van der Waals surface area contributed by atoms with Gasteiger partial charge in [0.2, 0.25) is 0 Å². The van der Waals surface area contributed by atoms with Crippen molar-refractivity contribution in [3.05, 3.63) is 41.2 Å². The van der Waals surface area contributed by atoms with E-state index in [0.29, 0.717) is 0 Å². The molecule has 0 aliphatic rings. The Balaban J connectivity index is 2.25. The Morgan fingerprint density at radius 2 is 2.13 bits per heavy atom. The number of amides is 1. The van der Waals surface area contributed by atoms with Crippen LogP contribution in [0.4, 0.5) is 8.78 Å². The van der Waals surface area contributed by atoms with Crippen LogP contribution in [0.1, 0.15) is 16.9 Å². The van der Waals surface area contributed by atoms with Crippen LogP contribution >= 0.6 is 11.6 Å². The van der Waals surface area contributed by atoms with Crippen LogP contribution in [0.5, 0.6) is 5.75 Å². The molecule has 2 rings (SSSR count). The molecular formula is C12H10ClF2N3O4S. The number of aromatic nitrogens is 2. The summed E-state index contributed by atoms with van der Waals surface area (Å²) in [6.07, 6.45) is 1.57. The van der Waals surface area contributed by atoms with Gasteiger partial charge in [0.15, 0.2) is 0 Å². The van der Waals surface area contributed by atoms with Gasteiger partial charge in [-0.05, 0) is 12.1 Å². The number of hydrogen-bond acceptors (Lipinski definition) is 5. The van der Waals surface area contributed by atoms with Gasteiger partial charge in [-0.25, -0.2) is 17.8 Å². The number of hydrogen-bond donors (Lipinski definition) is 1. The van der Waals surface area contributed by atoms with Gasteiger partial charge in [-0.15, -0.1) is 0 Å². The minimum absolute atomic E-state index is 0.104. The van der Waals surface area contributed by atoms with Crippen molar-refractivity contribution in [1.29, 1.82) is 0 Å². The van der Waals surface area contributed by atoms with Gasteiger partial charge in [-0.2, -0.15) is 13.9 Å². The summed E-state index contributed by atoms with van der Waals surface area (Å²) in [5.74, 6) is -0.988. The van der Waals surface area contributed by atoms with E-state index in [1.54, 1.807) is 4.72 Å². The Bertz CT molecular complexity index is 839. The second-order valence-corrected chi connectivity index (χ2v) is 6.31. The van der Waals surface area contributed by atoms with Gasteiger partial charge < -0.3 is 4.74 Å². The van der Waals surface area contributed by atoms with Gasteiger partial charge in [0.05, 0.1) is 28.8 Å². The summed E-state index contributed by atoms with van der Waals surface area (Å²) < 4.78 is 55.9. The number of methoxy groups -OCH3 is 1. The van der Waals surface area contributed by atoms with E-state index in [9.17, 15) is 22.0 Å². The average Bonchev–Trinajstić information content (AvgIpc) is 2.97. The van der Waals surface area contributed by atoms with E-state index in [4.69, 9.17) is 16.3 Å². The molecule has 0 unspecified atom stereocenters. The Hall–Kier alpha value is -2.20. The van der Waals surface area contributed by atoms with E-state index >= 15 is 0 Å². The van der Waals surface area contributed by atoms with Crippen molar-refractivity contribution >= 4 is 27.5 Å². The zero-order chi connectivity index (χ0) is 17.2. The van der Waals surface area contributed by atoms with Crippen molar-refractivity contribution in [3.63, 3.8) is 0 Å². The number of nitrogens with one attached hydrogen (secondary N) is 1. The molecular weight excluding hydrogens is 356 g/mol. The Kier molecular flexibility index (Phi) is 4.85. The average molecular weight is 366 g/mol. The summed E-state index contributed by atoms with van der Waals surface area (Å²) >= 11 is 5.79. The fourth-order valence-electron chi connectivity index (χ4n) is 1.61. The lowest BCUT2D eigenvalue weighted by molar-refractivity contribution is 0.0565. The number of ether oxygens (including phenoxy) is 1. The summed E-state index contributed by atoms with van der Waals surface area (Å²) in [7, 11) is -2.93. The van der Waals surface area contributed by atoms with Gasteiger partial charge in [0, 0.05) is 12.3 Å². The monoisotopic (exact) mass is 365 g/mol. The number of rotatable bonds is 5. The summed E-state index contributed by atoms with van der Waals surface area (Å²) in [4.78, 5) is 11.6. The summed E-state index contributed by atoms with van der Waals surface area (Å²) in [5.41, 5.74) is -0.324. The van der Waals surface area contributed by atoms with Crippen molar-refractivity contribution in [2.24, 2.45) is 0 Å². The molecule has 0 saturated carbocycles. The van der Waals surface area contributed by atoms with Gasteiger partial charge >= 0.3 is 6.55 Å². The maximum atomic E-state index is 12.4. The van der Waals surface area contributed by atoms with Crippen molar-refractivity contribution in [1.82, 2.24) is 14.5 Å². The van der Waals surface area contributed by atoms with E-state index in [1.165, 1.54) is 19.2 Å². The standard InChI is InChI=1S/C12H10ClF2N3O4S/c1-22-10-4-8(2-3-9(10)13)23(20,21)17-11(19)7-5-16-18(6-7)12(14)15/h2-6,12H,1H3,(H,17,19). The van der Waals surface area contributed by atoms with Crippen molar-refractivity contribution < 1.29 is 26.7 Å². The highest BCUT2D eigenvalue weighted by molar-refractivity contribution is 7.90. The maximum Gasteiger partial charge on any atom is 0.333 e. The van der Waals surface area contributed by atoms with Crippen LogP contribution in [0.3, 0.4) is 0 Å². The van der Waals surface area contributed by atoms with Crippen molar-refractivity contribution in [2.75, 3.05) is 7.11 Å². The van der Waals surface area contributed by atoms with Crippen LogP contribution in [0.15, 0.2) is 35.5 Å². The van der Waals surface area contributed by atoms with Crippen LogP contribution in [0.25, 0.3) is 0 Å². The maximum absolute atomic E-state index is 12.4. The fourth-order valence-corrected chi connectivity index (χ4v) is 2.79. The minimum Gasteiger partial charge on any atom is -0.495 e. The lowest BCUT2D eigenvalue weighted by Crippen LogP contribution is -2.30. The molecule has 23 heavy (non-hydrogen) atoms. The first kappa shape index (κ1) is 17.2. The van der Waals surface area contributed by atoms with Gasteiger partial charge in [-0.1, -0.05) is 11.6 Å². The SMILES string of the molecule is COc1cc(S(=O)(=O)NC(=O)c2cnn(C(F)F)c2)ccc1Cl. The molecule has 0 aliphatic carbocycles. The molecule has 0 fully saturated rings.